The fraction of sp³-hybridized carbons (Fsp3) is 0.286. The number of hydrogen-bond acceptors (Lipinski definition) is 5. The fourth-order valence-electron chi connectivity index (χ4n) is 3.63. The van der Waals surface area contributed by atoms with Crippen LogP contribution in [0.15, 0.2) is 48.5 Å². The maximum atomic E-state index is 11.0. The summed E-state index contributed by atoms with van der Waals surface area (Å²) >= 11 is 0. The summed E-state index contributed by atoms with van der Waals surface area (Å²) in [6.07, 6.45) is 3.79. The van der Waals surface area contributed by atoms with Gasteiger partial charge in [0.1, 0.15) is 18.0 Å². The van der Waals surface area contributed by atoms with Gasteiger partial charge in [0, 0.05) is 35.4 Å². The second-order valence-electron chi connectivity index (χ2n) is 7.37. The summed E-state index contributed by atoms with van der Waals surface area (Å²) in [7, 11) is -4.27. The van der Waals surface area contributed by atoms with E-state index in [4.69, 9.17) is 0 Å². The molecule has 0 saturated heterocycles. The van der Waals surface area contributed by atoms with Crippen LogP contribution in [0.4, 0.5) is 5.69 Å². The number of allylic oxidation sites excluding steroid dienone is 1. The van der Waals surface area contributed by atoms with Gasteiger partial charge in [0.25, 0.3) is 0 Å². The molecule has 2 aromatic carbocycles. The molecule has 0 spiro atoms. The van der Waals surface area contributed by atoms with Crippen molar-refractivity contribution < 1.29 is 27.8 Å². The van der Waals surface area contributed by atoms with Crippen LogP contribution in [0.5, 0.6) is 11.5 Å². The van der Waals surface area contributed by atoms with Crippen LogP contribution in [0, 0.1) is 0 Å². The smallest absolute Gasteiger partial charge is 0.209 e. The van der Waals surface area contributed by atoms with E-state index in [1.165, 1.54) is 18.2 Å². The average Bonchev–Trinajstić information content (AvgIpc) is 2.82. The van der Waals surface area contributed by atoms with Gasteiger partial charge in [-0.05, 0) is 38.1 Å². The molecular weight excluding hydrogens is 378 g/mol. The van der Waals surface area contributed by atoms with Crippen molar-refractivity contribution in [3.05, 3.63) is 59.7 Å². The fourth-order valence-corrected chi connectivity index (χ4v) is 4.11. The number of rotatable bonds is 6. The zero-order valence-electron chi connectivity index (χ0n) is 15.8. The minimum absolute atomic E-state index is 0.0481. The summed E-state index contributed by atoms with van der Waals surface area (Å²) in [5.41, 5.74) is 3.10. The highest BCUT2D eigenvalue weighted by atomic mass is 32.2. The van der Waals surface area contributed by atoms with Crippen molar-refractivity contribution in [1.29, 1.82) is 0 Å². The van der Waals surface area contributed by atoms with Gasteiger partial charge in [-0.3, -0.25) is 0 Å². The van der Waals surface area contributed by atoms with E-state index in [0.29, 0.717) is 12.1 Å². The van der Waals surface area contributed by atoms with Crippen LogP contribution in [0.2, 0.25) is 0 Å². The highest BCUT2D eigenvalue weighted by Gasteiger charge is 2.43. The van der Waals surface area contributed by atoms with Crippen LogP contribution in [0.1, 0.15) is 31.4 Å². The molecule has 0 aliphatic carbocycles. The molecule has 2 aromatic rings. The highest BCUT2D eigenvalue weighted by molar-refractivity contribution is 7.85. The number of para-hydroxylation sites is 1. The van der Waals surface area contributed by atoms with Crippen molar-refractivity contribution in [2.24, 2.45) is 0 Å². The van der Waals surface area contributed by atoms with E-state index in [-0.39, 0.29) is 23.3 Å². The molecule has 1 heterocycles. The van der Waals surface area contributed by atoms with Crippen LogP contribution in [0.25, 0.3) is 6.08 Å². The van der Waals surface area contributed by atoms with E-state index in [1.54, 1.807) is 6.08 Å². The van der Waals surface area contributed by atoms with Gasteiger partial charge < -0.3 is 14.8 Å². The van der Waals surface area contributed by atoms with E-state index >= 15 is 0 Å². The molecule has 0 unspecified atom stereocenters. The number of aromatic hydroxyl groups is 2. The summed E-state index contributed by atoms with van der Waals surface area (Å²) in [5, 5.41) is 19.7. The Hall–Kier alpha value is -2.64. The first kappa shape index (κ1) is 20.1. The highest BCUT2D eigenvalue weighted by Crippen LogP contribution is 2.40. The maximum Gasteiger partial charge on any atom is 0.209 e. The predicted molar refractivity (Wildman–Crippen MR) is 107 cm³/mol. The largest absolute Gasteiger partial charge is 0.748 e. The molecule has 1 aliphatic heterocycles. The van der Waals surface area contributed by atoms with Crippen molar-refractivity contribution >= 4 is 27.6 Å². The van der Waals surface area contributed by atoms with Gasteiger partial charge in [-0.1, -0.05) is 18.2 Å². The number of fused-ring (bicyclic) bond motifs is 1. The molecule has 6 nitrogen and oxygen atoms in total. The summed E-state index contributed by atoms with van der Waals surface area (Å²) in [4.78, 5) is 0. The number of phenols is 2. The first-order chi connectivity index (χ1) is 13.1. The minimum atomic E-state index is -4.27. The van der Waals surface area contributed by atoms with E-state index in [9.17, 15) is 23.2 Å². The molecule has 0 saturated carbocycles. The number of nitrogens with zero attached hydrogens (tertiary/aromatic N) is 1. The molecule has 1 aliphatic rings. The predicted octanol–water partition coefficient (Wildman–Crippen LogP) is 3.12. The average molecular weight is 401 g/mol. The lowest BCUT2D eigenvalue weighted by Crippen LogP contribution is -2.28. The van der Waals surface area contributed by atoms with Gasteiger partial charge in [0.15, 0.2) is 5.71 Å². The molecule has 0 amide bonds. The van der Waals surface area contributed by atoms with Crippen LogP contribution >= 0.6 is 0 Å². The molecular formula is C21H23NO5S. The Labute approximate surface area is 164 Å². The number of phenolic OH excluding ortho intramolecular Hbond substituents is 2. The molecule has 7 heteroatoms. The molecule has 0 atom stereocenters. The quantitative estimate of drug-likeness (QED) is 0.440. The lowest BCUT2D eigenvalue weighted by atomic mass is 9.81. The Morgan fingerprint density at radius 2 is 1.82 bits per heavy atom. The molecule has 148 valence electrons. The Bertz CT molecular complexity index is 1070. The van der Waals surface area contributed by atoms with Gasteiger partial charge in [0.05, 0.1) is 15.5 Å². The van der Waals surface area contributed by atoms with Crippen molar-refractivity contribution in [3.63, 3.8) is 0 Å². The van der Waals surface area contributed by atoms with Crippen LogP contribution < -0.4 is 0 Å². The van der Waals surface area contributed by atoms with Gasteiger partial charge in [-0.15, -0.1) is 0 Å². The molecule has 2 N–H and O–H groups in total. The van der Waals surface area contributed by atoms with Gasteiger partial charge >= 0.3 is 0 Å². The molecule has 0 bridgehead atoms. The summed E-state index contributed by atoms with van der Waals surface area (Å²) in [6, 6.07) is 12.2. The second-order valence-corrected chi connectivity index (χ2v) is 8.89. The van der Waals surface area contributed by atoms with Crippen LogP contribution in [-0.2, 0) is 15.5 Å². The number of benzene rings is 2. The third-order valence-corrected chi connectivity index (χ3v) is 5.80. The maximum absolute atomic E-state index is 11.0. The number of hydrogen-bond donors (Lipinski definition) is 2. The SMILES string of the molecule is CC1(C)C(/C=C/c2cc(O)ccc2O)=[N+](CCCS(=O)(=O)[O-])c2ccccc21. The van der Waals surface area contributed by atoms with E-state index in [2.05, 4.69) is 13.8 Å². The molecule has 0 radical (unpaired) electrons. The first-order valence-electron chi connectivity index (χ1n) is 8.98. The molecule has 0 aromatic heterocycles. The Balaban J connectivity index is 2.03. The lowest BCUT2D eigenvalue weighted by molar-refractivity contribution is -0.437. The molecule has 3 rings (SSSR count). The Kier molecular flexibility index (Phi) is 5.32. The van der Waals surface area contributed by atoms with E-state index in [0.717, 1.165) is 17.0 Å². The minimum Gasteiger partial charge on any atom is -0.748 e. The standard InChI is InChI=1S/C21H23NO5S/c1-21(2)17-6-3-4-7-18(17)22(12-5-13-28(25,26)27)20(21)11-8-15-14-16(23)9-10-19(15)24/h3-4,6-11,14H,5,12-13H2,1-2H3,(H2,23,25,26,27). The normalized spacial score (nSPS) is 16.0. The zero-order chi connectivity index (χ0) is 20.5. The van der Waals surface area contributed by atoms with Crippen molar-refractivity contribution in [1.82, 2.24) is 0 Å². The van der Waals surface area contributed by atoms with E-state index < -0.39 is 15.9 Å². The Morgan fingerprint density at radius 1 is 1.11 bits per heavy atom. The lowest BCUT2D eigenvalue weighted by Gasteiger charge is -2.15. The Morgan fingerprint density at radius 3 is 2.54 bits per heavy atom. The van der Waals surface area contributed by atoms with Crippen molar-refractivity contribution in [2.75, 3.05) is 12.3 Å². The van der Waals surface area contributed by atoms with Gasteiger partial charge in [0.2, 0.25) is 5.69 Å². The van der Waals surface area contributed by atoms with Crippen molar-refractivity contribution in [3.8, 4) is 11.5 Å². The summed E-state index contributed by atoms with van der Waals surface area (Å²) in [6.45, 7) is 4.52. The summed E-state index contributed by atoms with van der Waals surface area (Å²) < 4.78 is 35.0. The van der Waals surface area contributed by atoms with Gasteiger partial charge in [-0.25, -0.2) is 8.42 Å². The van der Waals surface area contributed by atoms with E-state index in [1.807, 2.05) is 34.9 Å². The third kappa shape index (κ3) is 4.10. The van der Waals surface area contributed by atoms with Crippen LogP contribution in [-0.4, -0.2) is 45.8 Å². The molecule has 0 fully saturated rings. The third-order valence-electron chi connectivity index (χ3n) is 5.01. The van der Waals surface area contributed by atoms with Crippen LogP contribution in [0.3, 0.4) is 0 Å². The summed E-state index contributed by atoms with van der Waals surface area (Å²) in [5.74, 6) is -0.322. The topological polar surface area (TPSA) is 101 Å². The second kappa shape index (κ2) is 7.41. The molecule has 28 heavy (non-hydrogen) atoms. The first-order valence-corrected chi connectivity index (χ1v) is 10.6. The monoisotopic (exact) mass is 401 g/mol. The van der Waals surface area contributed by atoms with Gasteiger partial charge in [-0.2, -0.15) is 4.58 Å². The van der Waals surface area contributed by atoms with Crippen molar-refractivity contribution in [2.45, 2.75) is 25.7 Å². The zero-order valence-corrected chi connectivity index (χ0v) is 16.6.